The molecule has 0 saturated heterocycles. The molecule has 0 saturated carbocycles. The van der Waals surface area contributed by atoms with Gasteiger partial charge < -0.3 is 24.5 Å². The number of amides is 2. The van der Waals surface area contributed by atoms with E-state index in [1.807, 2.05) is 62.4 Å². The minimum absolute atomic E-state index is 0.0545. The molecule has 160 valence electrons. The first-order chi connectivity index (χ1) is 14.5. The molecule has 1 aliphatic heterocycles. The number of benzene rings is 2. The average molecular weight is 412 g/mol. The van der Waals surface area contributed by atoms with Crippen LogP contribution in [0.15, 0.2) is 53.7 Å². The number of oxime groups is 1. The van der Waals surface area contributed by atoms with Crippen LogP contribution in [0.25, 0.3) is 0 Å². The van der Waals surface area contributed by atoms with Crippen molar-refractivity contribution in [2.75, 3.05) is 20.8 Å². The summed E-state index contributed by atoms with van der Waals surface area (Å²) in [6.07, 6.45) is 0.394. The maximum absolute atomic E-state index is 12.7. The molecule has 3 rings (SSSR count). The third-order valence-corrected chi connectivity index (χ3v) is 4.79. The SMILES string of the molecule is COc1ccc(C2=NO[C@@H](CN(Cc3ccccc3)C(=O)NC(C)C)C2)cc1OC. The van der Waals surface area contributed by atoms with Gasteiger partial charge in [0.25, 0.3) is 0 Å². The summed E-state index contributed by atoms with van der Waals surface area (Å²) in [6, 6.07) is 15.5. The third-order valence-electron chi connectivity index (χ3n) is 4.79. The number of urea groups is 1. The van der Waals surface area contributed by atoms with Crippen LogP contribution in [0.3, 0.4) is 0 Å². The molecular formula is C23H29N3O4. The van der Waals surface area contributed by atoms with Gasteiger partial charge in [-0.15, -0.1) is 0 Å². The highest BCUT2D eigenvalue weighted by Gasteiger charge is 2.27. The van der Waals surface area contributed by atoms with E-state index in [1.165, 1.54) is 0 Å². The Morgan fingerprint density at radius 1 is 1.17 bits per heavy atom. The van der Waals surface area contributed by atoms with E-state index in [1.54, 1.807) is 19.1 Å². The van der Waals surface area contributed by atoms with Crippen molar-refractivity contribution in [1.82, 2.24) is 10.2 Å². The Bertz CT molecular complexity index is 883. The summed E-state index contributed by atoms with van der Waals surface area (Å²) in [7, 11) is 3.21. The second-order valence-electron chi connectivity index (χ2n) is 7.51. The fraction of sp³-hybridized carbons (Fsp3) is 0.391. The molecule has 0 radical (unpaired) electrons. The zero-order valence-electron chi connectivity index (χ0n) is 17.9. The molecule has 1 heterocycles. The van der Waals surface area contributed by atoms with Crippen LogP contribution in [-0.2, 0) is 11.4 Å². The van der Waals surface area contributed by atoms with E-state index in [9.17, 15) is 4.79 Å². The summed E-state index contributed by atoms with van der Waals surface area (Å²) in [6.45, 7) is 4.84. The molecule has 0 aromatic heterocycles. The first kappa shape index (κ1) is 21.5. The number of rotatable bonds is 8. The van der Waals surface area contributed by atoms with Crippen molar-refractivity contribution in [1.29, 1.82) is 0 Å². The van der Waals surface area contributed by atoms with Gasteiger partial charge in [0.1, 0.15) is 0 Å². The topological polar surface area (TPSA) is 72.4 Å². The molecule has 0 spiro atoms. The van der Waals surface area contributed by atoms with Gasteiger partial charge in [-0.25, -0.2) is 4.79 Å². The Labute approximate surface area is 177 Å². The molecule has 0 unspecified atom stereocenters. The highest BCUT2D eigenvalue weighted by molar-refractivity contribution is 6.01. The number of nitrogens with zero attached hydrogens (tertiary/aromatic N) is 2. The van der Waals surface area contributed by atoms with Gasteiger partial charge in [-0.3, -0.25) is 0 Å². The molecule has 1 atom stereocenters. The van der Waals surface area contributed by atoms with E-state index < -0.39 is 0 Å². The number of hydrogen-bond acceptors (Lipinski definition) is 5. The highest BCUT2D eigenvalue weighted by atomic mass is 16.6. The molecule has 1 N–H and O–H groups in total. The fourth-order valence-corrected chi connectivity index (χ4v) is 3.32. The maximum Gasteiger partial charge on any atom is 0.318 e. The van der Waals surface area contributed by atoms with E-state index >= 15 is 0 Å². The summed E-state index contributed by atoms with van der Waals surface area (Å²) in [5, 5.41) is 7.23. The van der Waals surface area contributed by atoms with Crippen LogP contribution in [0.2, 0.25) is 0 Å². The first-order valence-corrected chi connectivity index (χ1v) is 10.0. The van der Waals surface area contributed by atoms with Crippen molar-refractivity contribution < 1.29 is 19.1 Å². The Morgan fingerprint density at radius 2 is 1.90 bits per heavy atom. The summed E-state index contributed by atoms with van der Waals surface area (Å²) in [5.74, 6) is 1.31. The van der Waals surface area contributed by atoms with E-state index in [4.69, 9.17) is 14.3 Å². The van der Waals surface area contributed by atoms with E-state index in [-0.39, 0.29) is 18.2 Å². The lowest BCUT2D eigenvalue weighted by Crippen LogP contribution is -2.45. The zero-order valence-corrected chi connectivity index (χ0v) is 17.9. The largest absolute Gasteiger partial charge is 0.493 e. The zero-order chi connectivity index (χ0) is 21.5. The summed E-state index contributed by atoms with van der Waals surface area (Å²) < 4.78 is 10.7. The second kappa shape index (κ2) is 10.0. The van der Waals surface area contributed by atoms with Crippen LogP contribution in [0, 0.1) is 0 Å². The normalized spacial score (nSPS) is 15.4. The van der Waals surface area contributed by atoms with Crippen molar-refractivity contribution in [2.45, 2.75) is 39.0 Å². The van der Waals surface area contributed by atoms with E-state index in [2.05, 4.69) is 10.5 Å². The summed E-state index contributed by atoms with van der Waals surface area (Å²) in [4.78, 5) is 20.2. The van der Waals surface area contributed by atoms with Gasteiger partial charge in [-0.2, -0.15) is 0 Å². The van der Waals surface area contributed by atoms with Crippen LogP contribution in [0.1, 0.15) is 31.4 Å². The van der Waals surface area contributed by atoms with Gasteiger partial charge in [-0.05, 0) is 37.6 Å². The average Bonchev–Trinajstić information content (AvgIpc) is 3.21. The Morgan fingerprint density at radius 3 is 2.57 bits per heavy atom. The molecule has 2 aromatic carbocycles. The van der Waals surface area contributed by atoms with Crippen molar-refractivity contribution in [2.24, 2.45) is 5.16 Å². The Hall–Kier alpha value is -3.22. The lowest BCUT2D eigenvalue weighted by molar-refractivity contribution is 0.0586. The summed E-state index contributed by atoms with van der Waals surface area (Å²) in [5.41, 5.74) is 2.80. The van der Waals surface area contributed by atoms with Gasteiger partial charge >= 0.3 is 6.03 Å². The van der Waals surface area contributed by atoms with Crippen molar-refractivity contribution >= 4 is 11.7 Å². The number of ether oxygens (including phenoxy) is 2. The number of methoxy groups -OCH3 is 2. The van der Waals surface area contributed by atoms with Crippen molar-refractivity contribution in [3.8, 4) is 11.5 Å². The molecular weight excluding hydrogens is 382 g/mol. The highest BCUT2D eigenvalue weighted by Crippen LogP contribution is 2.29. The number of nitrogens with one attached hydrogen (secondary N) is 1. The van der Waals surface area contributed by atoms with Crippen LogP contribution >= 0.6 is 0 Å². The van der Waals surface area contributed by atoms with Crippen LogP contribution in [-0.4, -0.2) is 49.6 Å². The predicted molar refractivity (Wildman–Crippen MR) is 116 cm³/mol. The molecule has 2 aromatic rings. The van der Waals surface area contributed by atoms with Gasteiger partial charge in [0, 0.05) is 24.6 Å². The fourth-order valence-electron chi connectivity index (χ4n) is 3.32. The third kappa shape index (κ3) is 5.43. The lowest BCUT2D eigenvalue weighted by atomic mass is 10.0. The molecule has 7 nitrogen and oxygen atoms in total. The minimum Gasteiger partial charge on any atom is -0.493 e. The molecule has 1 aliphatic rings. The molecule has 0 bridgehead atoms. The number of carbonyl (C=O) groups excluding carboxylic acids is 1. The van der Waals surface area contributed by atoms with Crippen molar-refractivity contribution in [3.05, 3.63) is 59.7 Å². The summed E-state index contributed by atoms with van der Waals surface area (Å²) >= 11 is 0. The number of hydrogen-bond donors (Lipinski definition) is 1. The van der Waals surface area contributed by atoms with Gasteiger partial charge in [-0.1, -0.05) is 35.5 Å². The molecule has 7 heteroatoms. The van der Waals surface area contributed by atoms with Gasteiger partial charge in [0.05, 0.1) is 26.5 Å². The smallest absolute Gasteiger partial charge is 0.318 e. The first-order valence-electron chi connectivity index (χ1n) is 10.0. The predicted octanol–water partition coefficient (Wildman–Crippen LogP) is 3.82. The van der Waals surface area contributed by atoms with Gasteiger partial charge in [0.15, 0.2) is 17.6 Å². The lowest BCUT2D eigenvalue weighted by Gasteiger charge is -2.26. The maximum atomic E-state index is 12.7. The monoisotopic (exact) mass is 411 g/mol. The standard InChI is InChI=1S/C23H29N3O4/c1-16(2)24-23(27)26(14-17-8-6-5-7-9-17)15-19-13-20(25-30-19)18-10-11-21(28-3)22(12-18)29-4/h5-12,16,19H,13-15H2,1-4H3,(H,24,27)/t19-/m1/s1. The van der Waals surface area contributed by atoms with Gasteiger partial charge in [0.2, 0.25) is 0 Å². The number of carbonyl (C=O) groups is 1. The van der Waals surface area contributed by atoms with E-state index in [0.29, 0.717) is 31.0 Å². The quantitative estimate of drug-likeness (QED) is 0.717. The van der Waals surface area contributed by atoms with E-state index in [0.717, 1.165) is 16.8 Å². The molecule has 2 amide bonds. The molecule has 0 fully saturated rings. The van der Waals surface area contributed by atoms with Crippen LogP contribution < -0.4 is 14.8 Å². The second-order valence-corrected chi connectivity index (χ2v) is 7.51. The van der Waals surface area contributed by atoms with Crippen molar-refractivity contribution in [3.63, 3.8) is 0 Å². The Kier molecular flexibility index (Phi) is 7.17. The molecule has 0 aliphatic carbocycles. The minimum atomic E-state index is -0.213. The Balaban J connectivity index is 1.68. The van der Waals surface area contributed by atoms with Crippen LogP contribution in [0.5, 0.6) is 11.5 Å². The molecule has 30 heavy (non-hydrogen) atoms. The van der Waals surface area contributed by atoms with Crippen LogP contribution in [0.4, 0.5) is 4.79 Å².